The molecule has 0 aliphatic heterocycles. The SMILES string of the molecule is COc1ccc(CN=C(N)C2CCCC2)c(OC)c1. The lowest BCUT2D eigenvalue weighted by Gasteiger charge is -2.11. The van der Waals surface area contributed by atoms with Gasteiger partial charge in [-0.15, -0.1) is 0 Å². The molecule has 2 rings (SSSR count). The van der Waals surface area contributed by atoms with Crippen LogP contribution in [-0.2, 0) is 6.54 Å². The van der Waals surface area contributed by atoms with Gasteiger partial charge in [-0.3, -0.25) is 4.99 Å². The first-order chi connectivity index (χ1) is 9.24. The van der Waals surface area contributed by atoms with Crippen LogP contribution in [-0.4, -0.2) is 20.1 Å². The molecule has 0 aromatic heterocycles. The maximum Gasteiger partial charge on any atom is 0.127 e. The van der Waals surface area contributed by atoms with Gasteiger partial charge in [0, 0.05) is 17.5 Å². The monoisotopic (exact) mass is 262 g/mol. The second-order valence-corrected chi connectivity index (χ2v) is 4.90. The number of nitrogens with two attached hydrogens (primary N) is 1. The van der Waals surface area contributed by atoms with Crippen molar-refractivity contribution in [1.82, 2.24) is 0 Å². The van der Waals surface area contributed by atoms with E-state index in [2.05, 4.69) is 4.99 Å². The third-order valence-electron chi connectivity index (χ3n) is 3.70. The Morgan fingerprint density at radius 2 is 2.00 bits per heavy atom. The molecule has 104 valence electrons. The largest absolute Gasteiger partial charge is 0.497 e. The minimum Gasteiger partial charge on any atom is -0.497 e. The molecule has 1 fully saturated rings. The first-order valence-corrected chi connectivity index (χ1v) is 6.75. The van der Waals surface area contributed by atoms with Crippen molar-refractivity contribution in [3.8, 4) is 11.5 Å². The molecule has 19 heavy (non-hydrogen) atoms. The lowest BCUT2D eigenvalue weighted by atomic mass is 10.1. The van der Waals surface area contributed by atoms with E-state index in [0.717, 1.165) is 22.9 Å². The zero-order chi connectivity index (χ0) is 13.7. The van der Waals surface area contributed by atoms with Crippen molar-refractivity contribution in [2.24, 2.45) is 16.6 Å². The summed E-state index contributed by atoms with van der Waals surface area (Å²) in [6.07, 6.45) is 4.89. The molecule has 0 bridgehead atoms. The highest BCUT2D eigenvalue weighted by Gasteiger charge is 2.18. The zero-order valence-corrected chi connectivity index (χ0v) is 11.7. The van der Waals surface area contributed by atoms with Crippen LogP contribution in [0.1, 0.15) is 31.2 Å². The van der Waals surface area contributed by atoms with E-state index in [0.29, 0.717) is 12.5 Å². The third kappa shape index (κ3) is 3.40. The minimum absolute atomic E-state index is 0.476. The van der Waals surface area contributed by atoms with Crippen LogP contribution in [0.2, 0.25) is 0 Å². The molecule has 0 spiro atoms. The average molecular weight is 262 g/mol. The number of rotatable bonds is 5. The molecular formula is C15H22N2O2. The maximum absolute atomic E-state index is 6.06. The van der Waals surface area contributed by atoms with Crippen LogP contribution >= 0.6 is 0 Å². The minimum atomic E-state index is 0.476. The van der Waals surface area contributed by atoms with Gasteiger partial charge >= 0.3 is 0 Å². The number of nitrogens with zero attached hydrogens (tertiary/aromatic N) is 1. The normalized spacial score (nSPS) is 16.6. The van der Waals surface area contributed by atoms with E-state index in [1.54, 1.807) is 14.2 Å². The fourth-order valence-electron chi connectivity index (χ4n) is 2.51. The molecule has 0 heterocycles. The van der Waals surface area contributed by atoms with E-state index < -0.39 is 0 Å². The number of hydrogen-bond acceptors (Lipinski definition) is 3. The Labute approximate surface area is 114 Å². The van der Waals surface area contributed by atoms with Gasteiger partial charge in [0.1, 0.15) is 11.5 Å². The van der Waals surface area contributed by atoms with Crippen molar-refractivity contribution in [1.29, 1.82) is 0 Å². The summed E-state index contributed by atoms with van der Waals surface area (Å²) in [6, 6.07) is 5.76. The smallest absolute Gasteiger partial charge is 0.127 e. The van der Waals surface area contributed by atoms with Crippen molar-refractivity contribution < 1.29 is 9.47 Å². The van der Waals surface area contributed by atoms with Gasteiger partial charge in [-0.05, 0) is 25.0 Å². The fraction of sp³-hybridized carbons (Fsp3) is 0.533. The van der Waals surface area contributed by atoms with E-state index in [4.69, 9.17) is 15.2 Å². The molecule has 1 aromatic carbocycles. The molecule has 1 saturated carbocycles. The first-order valence-electron chi connectivity index (χ1n) is 6.75. The van der Waals surface area contributed by atoms with Gasteiger partial charge in [0.25, 0.3) is 0 Å². The Kier molecular flexibility index (Phi) is 4.66. The maximum atomic E-state index is 6.06. The molecule has 2 N–H and O–H groups in total. The van der Waals surface area contributed by atoms with Crippen molar-refractivity contribution in [2.45, 2.75) is 32.2 Å². The molecule has 1 aromatic rings. The second-order valence-electron chi connectivity index (χ2n) is 4.90. The zero-order valence-electron chi connectivity index (χ0n) is 11.7. The summed E-state index contributed by atoms with van der Waals surface area (Å²) < 4.78 is 10.5. The van der Waals surface area contributed by atoms with E-state index in [-0.39, 0.29) is 0 Å². The highest BCUT2D eigenvalue weighted by Crippen LogP contribution is 2.27. The van der Waals surface area contributed by atoms with Gasteiger partial charge < -0.3 is 15.2 Å². The molecule has 0 saturated heterocycles. The Balaban J connectivity index is 2.07. The molecule has 0 amide bonds. The molecule has 1 aliphatic carbocycles. The molecule has 0 radical (unpaired) electrons. The van der Waals surface area contributed by atoms with Crippen LogP contribution in [0, 0.1) is 5.92 Å². The molecule has 4 heteroatoms. The molecule has 1 aliphatic rings. The third-order valence-corrected chi connectivity index (χ3v) is 3.70. The topological polar surface area (TPSA) is 56.8 Å². The van der Waals surface area contributed by atoms with Gasteiger partial charge in [0.05, 0.1) is 26.6 Å². The highest BCUT2D eigenvalue weighted by molar-refractivity contribution is 5.83. The van der Waals surface area contributed by atoms with Crippen molar-refractivity contribution in [2.75, 3.05) is 14.2 Å². The fourth-order valence-corrected chi connectivity index (χ4v) is 2.51. The summed E-state index contributed by atoms with van der Waals surface area (Å²) in [5.41, 5.74) is 7.09. The van der Waals surface area contributed by atoms with Crippen molar-refractivity contribution >= 4 is 5.84 Å². The Bertz CT molecular complexity index is 451. The summed E-state index contributed by atoms with van der Waals surface area (Å²) >= 11 is 0. The van der Waals surface area contributed by atoms with Gasteiger partial charge in [-0.25, -0.2) is 0 Å². The Hall–Kier alpha value is -1.71. The van der Waals surface area contributed by atoms with E-state index in [9.17, 15) is 0 Å². The predicted molar refractivity (Wildman–Crippen MR) is 76.8 cm³/mol. The second kappa shape index (κ2) is 6.45. The van der Waals surface area contributed by atoms with Crippen LogP contribution in [0.3, 0.4) is 0 Å². The quantitative estimate of drug-likeness (QED) is 0.655. The number of aliphatic imine (C=N–C) groups is 1. The van der Waals surface area contributed by atoms with Gasteiger partial charge in [-0.1, -0.05) is 12.8 Å². The number of hydrogen-bond donors (Lipinski definition) is 1. The van der Waals surface area contributed by atoms with Crippen molar-refractivity contribution in [3.05, 3.63) is 23.8 Å². The standard InChI is InChI=1S/C15H22N2O2/c1-18-13-8-7-12(14(9-13)19-2)10-17-15(16)11-5-3-4-6-11/h7-9,11H,3-6,10H2,1-2H3,(H2,16,17). The van der Waals surface area contributed by atoms with E-state index in [1.165, 1.54) is 25.7 Å². The van der Waals surface area contributed by atoms with Crippen LogP contribution < -0.4 is 15.2 Å². The lowest BCUT2D eigenvalue weighted by Crippen LogP contribution is -2.21. The average Bonchev–Trinajstić information content (AvgIpc) is 2.98. The molecule has 0 unspecified atom stereocenters. The van der Waals surface area contributed by atoms with E-state index in [1.807, 2.05) is 18.2 Å². The lowest BCUT2D eigenvalue weighted by molar-refractivity contribution is 0.391. The summed E-state index contributed by atoms with van der Waals surface area (Å²) in [5, 5.41) is 0. The van der Waals surface area contributed by atoms with Crippen LogP contribution in [0.25, 0.3) is 0 Å². The Morgan fingerprint density at radius 1 is 1.26 bits per heavy atom. The van der Waals surface area contributed by atoms with Crippen LogP contribution in [0.15, 0.2) is 23.2 Å². The predicted octanol–water partition coefficient (Wildman–Crippen LogP) is 2.75. The summed E-state index contributed by atoms with van der Waals surface area (Å²) in [5.74, 6) is 2.84. The number of benzene rings is 1. The number of amidine groups is 1. The molecule has 4 nitrogen and oxygen atoms in total. The van der Waals surface area contributed by atoms with Gasteiger partial charge in [0.2, 0.25) is 0 Å². The summed E-state index contributed by atoms with van der Waals surface area (Å²) in [4.78, 5) is 4.51. The van der Waals surface area contributed by atoms with E-state index >= 15 is 0 Å². The first kappa shape index (κ1) is 13.7. The number of methoxy groups -OCH3 is 2. The number of ether oxygens (including phenoxy) is 2. The molecular weight excluding hydrogens is 240 g/mol. The van der Waals surface area contributed by atoms with Crippen LogP contribution in [0.4, 0.5) is 0 Å². The molecule has 0 atom stereocenters. The summed E-state index contributed by atoms with van der Waals surface area (Å²) in [6.45, 7) is 0.565. The van der Waals surface area contributed by atoms with Gasteiger partial charge in [-0.2, -0.15) is 0 Å². The van der Waals surface area contributed by atoms with Gasteiger partial charge in [0.15, 0.2) is 0 Å². The Morgan fingerprint density at radius 3 is 2.63 bits per heavy atom. The highest BCUT2D eigenvalue weighted by atomic mass is 16.5. The van der Waals surface area contributed by atoms with Crippen molar-refractivity contribution in [3.63, 3.8) is 0 Å². The van der Waals surface area contributed by atoms with Crippen LogP contribution in [0.5, 0.6) is 11.5 Å². The summed E-state index contributed by atoms with van der Waals surface area (Å²) in [7, 11) is 3.30.